The first kappa shape index (κ1) is 24.9. The maximum absolute atomic E-state index is 12.9. The summed E-state index contributed by atoms with van der Waals surface area (Å²) >= 11 is 6.25. The molecule has 0 aliphatic carbocycles. The lowest BCUT2D eigenvalue weighted by molar-refractivity contribution is -0.139. The summed E-state index contributed by atoms with van der Waals surface area (Å²) < 4.78 is 43.9. The van der Waals surface area contributed by atoms with Crippen LogP contribution in [-0.2, 0) is 22.8 Å². The maximum atomic E-state index is 12.9. The molecule has 0 saturated carbocycles. The number of anilines is 1. The Bertz CT molecular complexity index is 1240. The molecule has 0 fully saturated rings. The number of halogens is 4. The number of carboxylic acids is 1. The van der Waals surface area contributed by atoms with Crippen LogP contribution in [-0.4, -0.2) is 30.8 Å². The van der Waals surface area contributed by atoms with Crippen LogP contribution in [0.5, 0.6) is 5.75 Å². The number of hydrogen-bond donors (Lipinski definition) is 1. The number of benzene rings is 3. The van der Waals surface area contributed by atoms with Crippen LogP contribution in [0.2, 0.25) is 5.02 Å². The van der Waals surface area contributed by atoms with Gasteiger partial charge in [0.15, 0.2) is 6.61 Å². The van der Waals surface area contributed by atoms with E-state index in [1.165, 1.54) is 12.1 Å². The quantitative estimate of drug-likeness (QED) is 0.384. The van der Waals surface area contributed by atoms with Gasteiger partial charge < -0.3 is 14.7 Å². The molecule has 0 saturated heterocycles. The predicted octanol–water partition coefficient (Wildman–Crippen LogP) is 6.83. The summed E-state index contributed by atoms with van der Waals surface area (Å²) in [5.41, 5.74) is 4.12. The maximum Gasteiger partial charge on any atom is 0.416 e. The van der Waals surface area contributed by atoms with E-state index in [0.717, 1.165) is 59.6 Å². The lowest BCUT2D eigenvalue weighted by Crippen LogP contribution is -2.30. The van der Waals surface area contributed by atoms with Crippen molar-refractivity contribution in [3.8, 4) is 16.9 Å². The van der Waals surface area contributed by atoms with Crippen LogP contribution in [0, 0.1) is 0 Å². The summed E-state index contributed by atoms with van der Waals surface area (Å²) in [4.78, 5) is 13.0. The number of aliphatic carboxylic acids is 1. The van der Waals surface area contributed by atoms with Gasteiger partial charge in [-0.2, -0.15) is 13.2 Å². The number of carboxylic acid groups (broad SMARTS) is 1. The number of nitrogens with zero attached hydrogens (tertiary/aromatic N) is 1. The molecular formula is C27H25ClF3NO3. The minimum Gasteiger partial charge on any atom is -0.480 e. The topological polar surface area (TPSA) is 49.8 Å². The molecular weight excluding hydrogens is 479 g/mol. The second-order valence-corrected chi connectivity index (χ2v) is 9.72. The van der Waals surface area contributed by atoms with E-state index in [2.05, 4.69) is 24.8 Å². The van der Waals surface area contributed by atoms with Gasteiger partial charge in [-0.1, -0.05) is 49.7 Å². The number of rotatable bonds is 7. The zero-order chi connectivity index (χ0) is 25.4. The van der Waals surface area contributed by atoms with Crippen LogP contribution in [0.25, 0.3) is 11.1 Å². The highest BCUT2D eigenvalue weighted by Gasteiger charge is 2.35. The van der Waals surface area contributed by atoms with E-state index >= 15 is 0 Å². The van der Waals surface area contributed by atoms with Gasteiger partial charge in [0.05, 0.1) is 10.6 Å². The monoisotopic (exact) mass is 503 g/mol. The van der Waals surface area contributed by atoms with Crippen molar-refractivity contribution in [2.24, 2.45) is 0 Å². The Kier molecular flexibility index (Phi) is 6.73. The Morgan fingerprint density at radius 3 is 2.37 bits per heavy atom. The van der Waals surface area contributed by atoms with Gasteiger partial charge in [-0.15, -0.1) is 0 Å². The van der Waals surface area contributed by atoms with Crippen LogP contribution in [0.1, 0.15) is 30.5 Å². The predicted molar refractivity (Wildman–Crippen MR) is 130 cm³/mol. The first-order valence-electron chi connectivity index (χ1n) is 11.1. The molecule has 35 heavy (non-hydrogen) atoms. The SMILES string of the molecule is CC1(C)CN(CCc2ccc(OCC(=O)O)c(Cl)c2)c2ccc(-c3ccc(C(F)(F)F)cc3)cc21. The number of fused-ring (bicyclic) bond motifs is 1. The molecule has 4 nitrogen and oxygen atoms in total. The fourth-order valence-electron chi connectivity index (χ4n) is 4.45. The largest absolute Gasteiger partial charge is 0.480 e. The van der Waals surface area contributed by atoms with E-state index in [4.69, 9.17) is 21.4 Å². The van der Waals surface area contributed by atoms with Gasteiger partial charge in [-0.3, -0.25) is 0 Å². The van der Waals surface area contributed by atoms with Crippen LogP contribution < -0.4 is 9.64 Å². The summed E-state index contributed by atoms with van der Waals surface area (Å²) in [6.45, 7) is 5.43. The standard InChI is InChI=1S/C27H25ClF3NO3/c1-26(2)16-32(12-11-17-3-10-24(22(28)13-17)35-15-25(33)34)23-9-6-19(14-21(23)26)18-4-7-20(8-5-18)27(29,30)31/h3-10,13-14H,11-12,15-16H2,1-2H3,(H,33,34). The number of ether oxygens (including phenoxy) is 1. The molecule has 1 heterocycles. The molecule has 1 aliphatic heterocycles. The van der Waals surface area contributed by atoms with Gasteiger partial charge in [0.25, 0.3) is 0 Å². The van der Waals surface area contributed by atoms with Crippen LogP contribution in [0.15, 0.2) is 60.7 Å². The zero-order valence-corrected chi connectivity index (χ0v) is 20.1. The van der Waals surface area contributed by atoms with Gasteiger partial charge in [0, 0.05) is 24.2 Å². The third kappa shape index (κ3) is 5.56. The van der Waals surface area contributed by atoms with Crippen molar-refractivity contribution in [2.45, 2.75) is 31.9 Å². The normalized spacial score (nSPS) is 14.6. The van der Waals surface area contributed by atoms with E-state index in [9.17, 15) is 18.0 Å². The summed E-state index contributed by atoms with van der Waals surface area (Å²) in [5.74, 6) is -0.733. The van der Waals surface area contributed by atoms with Crippen molar-refractivity contribution in [1.82, 2.24) is 0 Å². The molecule has 0 spiro atoms. The van der Waals surface area contributed by atoms with Crippen molar-refractivity contribution in [2.75, 3.05) is 24.6 Å². The second kappa shape index (κ2) is 9.46. The molecule has 184 valence electrons. The van der Waals surface area contributed by atoms with E-state index in [1.807, 2.05) is 18.2 Å². The van der Waals surface area contributed by atoms with Crippen molar-refractivity contribution in [1.29, 1.82) is 0 Å². The summed E-state index contributed by atoms with van der Waals surface area (Å²) in [6, 6.07) is 16.6. The number of carbonyl (C=O) groups is 1. The van der Waals surface area contributed by atoms with Crippen molar-refractivity contribution in [3.63, 3.8) is 0 Å². The van der Waals surface area contributed by atoms with Crippen molar-refractivity contribution < 1.29 is 27.8 Å². The average molecular weight is 504 g/mol. The molecule has 0 atom stereocenters. The van der Waals surface area contributed by atoms with E-state index in [1.54, 1.807) is 12.1 Å². The molecule has 1 aliphatic rings. The Morgan fingerprint density at radius 1 is 1.06 bits per heavy atom. The van der Waals surface area contributed by atoms with Crippen molar-refractivity contribution in [3.05, 3.63) is 82.4 Å². The molecule has 3 aromatic carbocycles. The second-order valence-electron chi connectivity index (χ2n) is 9.31. The molecule has 0 aromatic heterocycles. The fourth-order valence-corrected chi connectivity index (χ4v) is 4.71. The van der Waals surface area contributed by atoms with E-state index < -0.39 is 24.3 Å². The fraction of sp³-hybridized carbons (Fsp3) is 0.296. The van der Waals surface area contributed by atoms with Crippen LogP contribution in [0.4, 0.5) is 18.9 Å². The zero-order valence-electron chi connectivity index (χ0n) is 19.3. The summed E-state index contributed by atoms with van der Waals surface area (Å²) in [5, 5.41) is 9.12. The lowest BCUT2D eigenvalue weighted by atomic mass is 9.85. The van der Waals surface area contributed by atoms with E-state index in [-0.39, 0.29) is 5.41 Å². The van der Waals surface area contributed by atoms with Gasteiger partial charge in [-0.25, -0.2) is 4.79 Å². The highest BCUT2D eigenvalue weighted by Crippen LogP contribution is 2.43. The molecule has 0 radical (unpaired) electrons. The first-order chi connectivity index (χ1) is 16.4. The molecule has 4 rings (SSSR count). The van der Waals surface area contributed by atoms with E-state index in [0.29, 0.717) is 10.8 Å². The minimum absolute atomic E-state index is 0.122. The Balaban J connectivity index is 1.49. The Hall–Kier alpha value is -3.19. The van der Waals surface area contributed by atoms with Crippen LogP contribution >= 0.6 is 11.6 Å². The molecule has 1 N–H and O–H groups in total. The first-order valence-corrected chi connectivity index (χ1v) is 11.5. The average Bonchev–Trinajstić information content (AvgIpc) is 3.06. The van der Waals surface area contributed by atoms with Gasteiger partial charge >= 0.3 is 12.1 Å². The number of hydrogen-bond acceptors (Lipinski definition) is 3. The highest BCUT2D eigenvalue weighted by atomic mass is 35.5. The van der Waals surface area contributed by atoms with Crippen molar-refractivity contribution >= 4 is 23.3 Å². The van der Waals surface area contributed by atoms with Gasteiger partial charge in [0.1, 0.15) is 5.75 Å². The summed E-state index contributed by atoms with van der Waals surface area (Å²) in [6.07, 6.45) is -3.62. The molecule has 8 heteroatoms. The third-order valence-corrected chi connectivity index (χ3v) is 6.51. The molecule has 0 bridgehead atoms. The highest BCUT2D eigenvalue weighted by molar-refractivity contribution is 6.32. The summed E-state index contributed by atoms with van der Waals surface area (Å²) in [7, 11) is 0. The smallest absolute Gasteiger partial charge is 0.416 e. The van der Waals surface area contributed by atoms with Crippen LogP contribution in [0.3, 0.4) is 0 Å². The molecule has 0 unspecified atom stereocenters. The molecule has 0 amide bonds. The lowest BCUT2D eigenvalue weighted by Gasteiger charge is -2.22. The Morgan fingerprint density at radius 2 is 1.74 bits per heavy atom. The van der Waals surface area contributed by atoms with Gasteiger partial charge in [0.2, 0.25) is 0 Å². The number of alkyl halides is 3. The minimum atomic E-state index is -4.35. The molecule has 3 aromatic rings. The Labute approximate surface area is 206 Å². The third-order valence-electron chi connectivity index (χ3n) is 6.22. The van der Waals surface area contributed by atoms with Gasteiger partial charge in [-0.05, 0) is 65.1 Å².